The van der Waals surface area contributed by atoms with Gasteiger partial charge in [-0.05, 0) is 45.4 Å². The Balaban J connectivity index is 1.88. The zero-order valence-electron chi connectivity index (χ0n) is 10.7. The lowest BCUT2D eigenvalue weighted by Crippen LogP contribution is -2.45. The lowest BCUT2D eigenvalue weighted by molar-refractivity contribution is -0.131. The van der Waals surface area contributed by atoms with Gasteiger partial charge in [0.15, 0.2) is 0 Å². The SMILES string of the molecule is CCC(NC1CCN(C(C)C)C1=O)C1CC1. The van der Waals surface area contributed by atoms with Crippen molar-refractivity contribution in [3.8, 4) is 0 Å². The Morgan fingerprint density at radius 3 is 2.50 bits per heavy atom. The van der Waals surface area contributed by atoms with Crippen molar-refractivity contribution in [3.63, 3.8) is 0 Å². The maximum atomic E-state index is 12.1. The van der Waals surface area contributed by atoms with E-state index in [1.165, 1.54) is 12.8 Å². The van der Waals surface area contributed by atoms with Crippen molar-refractivity contribution in [2.75, 3.05) is 6.54 Å². The number of carbonyl (C=O) groups excluding carboxylic acids is 1. The Morgan fingerprint density at radius 2 is 2.06 bits per heavy atom. The van der Waals surface area contributed by atoms with E-state index >= 15 is 0 Å². The van der Waals surface area contributed by atoms with Crippen LogP contribution in [0.3, 0.4) is 0 Å². The average Bonchev–Trinajstić information content (AvgIpc) is 3.01. The summed E-state index contributed by atoms with van der Waals surface area (Å²) in [5, 5.41) is 3.57. The monoisotopic (exact) mass is 224 g/mol. The molecule has 0 radical (unpaired) electrons. The predicted octanol–water partition coefficient (Wildman–Crippen LogP) is 1.77. The van der Waals surface area contributed by atoms with Gasteiger partial charge in [-0.1, -0.05) is 6.92 Å². The van der Waals surface area contributed by atoms with Crippen LogP contribution in [-0.2, 0) is 4.79 Å². The number of hydrogen-bond donors (Lipinski definition) is 1. The smallest absolute Gasteiger partial charge is 0.240 e. The van der Waals surface area contributed by atoms with E-state index < -0.39 is 0 Å². The first kappa shape index (κ1) is 11.9. The van der Waals surface area contributed by atoms with Crippen LogP contribution in [0.1, 0.15) is 46.5 Å². The van der Waals surface area contributed by atoms with Crippen LogP contribution < -0.4 is 5.32 Å². The first-order valence-corrected chi connectivity index (χ1v) is 6.70. The molecular weight excluding hydrogens is 200 g/mol. The minimum atomic E-state index is 0.0907. The van der Waals surface area contributed by atoms with Crippen LogP contribution in [0.4, 0.5) is 0 Å². The molecule has 0 aromatic heterocycles. The Kier molecular flexibility index (Phi) is 3.53. The van der Waals surface area contributed by atoms with Gasteiger partial charge >= 0.3 is 0 Å². The Bertz CT molecular complexity index is 261. The lowest BCUT2D eigenvalue weighted by Gasteiger charge is -2.23. The summed E-state index contributed by atoms with van der Waals surface area (Å²) in [4.78, 5) is 14.1. The maximum Gasteiger partial charge on any atom is 0.240 e. The van der Waals surface area contributed by atoms with Crippen LogP contribution in [0.25, 0.3) is 0 Å². The Morgan fingerprint density at radius 1 is 1.38 bits per heavy atom. The summed E-state index contributed by atoms with van der Waals surface area (Å²) < 4.78 is 0. The third-order valence-corrected chi connectivity index (χ3v) is 3.91. The highest BCUT2D eigenvalue weighted by Gasteiger charge is 2.37. The topological polar surface area (TPSA) is 32.3 Å². The van der Waals surface area contributed by atoms with Crippen LogP contribution in [-0.4, -0.2) is 35.5 Å². The molecule has 1 saturated carbocycles. The summed E-state index contributed by atoms with van der Waals surface area (Å²) in [6, 6.07) is 1.01. The van der Waals surface area contributed by atoms with Crippen molar-refractivity contribution in [3.05, 3.63) is 0 Å². The average molecular weight is 224 g/mol. The van der Waals surface area contributed by atoms with Gasteiger partial charge in [0.1, 0.15) is 0 Å². The molecule has 3 nitrogen and oxygen atoms in total. The third-order valence-electron chi connectivity index (χ3n) is 3.91. The first-order valence-electron chi connectivity index (χ1n) is 6.70. The molecule has 2 atom stereocenters. The standard InChI is InChI=1S/C13H24N2O/c1-4-11(10-5-6-10)14-12-7-8-15(9(2)3)13(12)16/h9-12,14H,4-8H2,1-3H3. The van der Waals surface area contributed by atoms with Gasteiger partial charge in [0.2, 0.25) is 5.91 Å². The molecule has 0 bridgehead atoms. The highest BCUT2D eigenvalue weighted by atomic mass is 16.2. The molecule has 1 aliphatic carbocycles. The van der Waals surface area contributed by atoms with E-state index in [0.717, 1.165) is 25.3 Å². The third kappa shape index (κ3) is 2.40. The van der Waals surface area contributed by atoms with E-state index in [4.69, 9.17) is 0 Å². The molecule has 1 heterocycles. The van der Waals surface area contributed by atoms with E-state index in [1.807, 2.05) is 4.90 Å². The highest BCUT2D eigenvalue weighted by Crippen LogP contribution is 2.34. The summed E-state index contributed by atoms with van der Waals surface area (Å²) in [7, 11) is 0. The van der Waals surface area contributed by atoms with Gasteiger partial charge in [-0.15, -0.1) is 0 Å². The fourth-order valence-electron chi connectivity index (χ4n) is 2.71. The minimum absolute atomic E-state index is 0.0907. The molecule has 0 aromatic rings. The van der Waals surface area contributed by atoms with E-state index in [-0.39, 0.29) is 6.04 Å². The van der Waals surface area contributed by atoms with Crippen LogP contribution >= 0.6 is 0 Å². The Labute approximate surface area is 98.6 Å². The van der Waals surface area contributed by atoms with E-state index in [9.17, 15) is 4.79 Å². The second-order valence-electron chi connectivity index (χ2n) is 5.49. The number of carbonyl (C=O) groups is 1. The maximum absolute atomic E-state index is 12.1. The molecule has 0 aromatic carbocycles. The molecule has 2 unspecified atom stereocenters. The zero-order chi connectivity index (χ0) is 11.7. The fourth-order valence-corrected chi connectivity index (χ4v) is 2.71. The van der Waals surface area contributed by atoms with Gasteiger partial charge in [-0.25, -0.2) is 0 Å². The number of nitrogens with one attached hydrogen (secondary N) is 1. The van der Waals surface area contributed by atoms with Crippen LogP contribution in [0, 0.1) is 5.92 Å². The summed E-state index contributed by atoms with van der Waals surface area (Å²) >= 11 is 0. The predicted molar refractivity (Wildman–Crippen MR) is 65.2 cm³/mol. The molecule has 2 fully saturated rings. The summed E-state index contributed by atoms with van der Waals surface area (Å²) in [5.74, 6) is 1.15. The first-order chi connectivity index (χ1) is 7.63. The zero-order valence-corrected chi connectivity index (χ0v) is 10.7. The lowest BCUT2D eigenvalue weighted by atomic mass is 10.1. The van der Waals surface area contributed by atoms with Crippen LogP contribution in [0.2, 0.25) is 0 Å². The van der Waals surface area contributed by atoms with Gasteiger partial charge in [0, 0.05) is 18.6 Å². The van der Waals surface area contributed by atoms with Gasteiger partial charge in [0.25, 0.3) is 0 Å². The molecule has 1 N–H and O–H groups in total. The van der Waals surface area contributed by atoms with Crippen molar-refractivity contribution in [1.82, 2.24) is 10.2 Å². The number of hydrogen-bond acceptors (Lipinski definition) is 2. The summed E-state index contributed by atoms with van der Waals surface area (Å²) in [6.45, 7) is 7.34. The van der Waals surface area contributed by atoms with Crippen molar-refractivity contribution in [2.45, 2.75) is 64.6 Å². The van der Waals surface area contributed by atoms with Crippen molar-refractivity contribution in [2.24, 2.45) is 5.92 Å². The fraction of sp³-hybridized carbons (Fsp3) is 0.923. The molecule has 3 heteroatoms. The van der Waals surface area contributed by atoms with E-state index in [1.54, 1.807) is 0 Å². The largest absolute Gasteiger partial charge is 0.339 e. The molecule has 1 amide bonds. The van der Waals surface area contributed by atoms with Crippen molar-refractivity contribution in [1.29, 1.82) is 0 Å². The molecular formula is C13H24N2O. The molecule has 1 saturated heterocycles. The highest BCUT2D eigenvalue weighted by molar-refractivity contribution is 5.84. The van der Waals surface area contributed by atoms with Crippen molar-refractivity contribution >= 4 is 5.91 Å². The van der Waals surface area contributed by atoms with E-state index in [0.29, 0.717) is 18.0 Å². The quantitative estimate of drug-likeness (QED) is 0.772. The number of nitrogens with zero attached hydrogens (tertiary/aromatic N) is 1. The molecule has 0 spiro atoms. The van der Waals surface area contributed by atoms with Gasteiger partial charge in [-0.2, -0.15) is 0 Å². The molecule has 2 rings (SSSR count). The van der Waals surface area contributed by atoms with E-state index in [2.05, 4.69) is 26.1 Å². The number of likely N-dealkylation sites (tertiary alicyclic amines) is 1. The Hall–Kier alpha value is -0.570. The van der Waals surface area contributed by atoms with Gasteiger partial charge in [0.05, 0.1) is 6.04 Å². The second kappa shape index (κ2) is 4.74. The van der Waals surface area contributed by atoms with Gasteiger partial charge < -0.3 is 10.2 Å². The number of rotatable bonds is 5. The second-order valence-corrected chi connectivity index (χ2v) is 5.49. The van der Waals surface area contributed by atoms with Gasteiger partial charge in [-0.3, -0.25) is 4.79 Å². The summed E-state index contributed by atoms with van der Waals surface area (Å²) in [6.07, 6.45) is 4.83. The normalized spacial score (nSPS) is 27.9. The van der Waals surface area contributed by atoms with Crippen LogP contribution in [0.15, 0.2) is 0 Å². The molecule has 92 valence electrons. The molecule has 2 aliphatic rings. The molecule has 1 aliphatic heterocycles. The van der Waals surface area contributed by atoms with Crippen molar-refractivity contribution < 1.29 is 4.79 Å². The molecule has 16 heavy (non-hydrogen) atoms. The van der Waals surface area contributed by atoms with Crippen LogP contribution in [0.5, 0.6) is 0 Å². The summed E-state index contributed by atoms with van der Waals surface area (Å²) in [5.41, 5.74) is 0. The minimum Gasteiger partial charge on any atom is -0.339 e. The number of amides is 1.